The van der Waals surface area contributed by atoms with Crippen LogP contribution in [0.4, 0.5) is 0 Å². The molecule has 1 fully saturated rings. The summed E-state index contributed by atoms with van der Waals surface area (Å²) >= 11 is 0. The number of para-hydroxylation sites is 1. The zero-order chi connectivity index (χ0) is 13.4. The van der Waals surface area contributed by atoms with Crippen molar-refractivity contribution in [3.8, 4) is 0 Å². The Morgan fingerprint density at radius 1 is 0.750 bits per heavy atom. The second-order valence-corrected chi connectivity index (χ2v) is 6.01. The van der Waals surface area contributed by atoms with Gasteiger partial charge in [0.2, 0.25) is 0 Å². The Morgan fingerprint density at radius 3 is 2.35 bits per heavy atom. The van der Waals surface area contributed by atoms with Crippen LogP contribution in [0.25, 0.3) is 21.9 Å². The van der Waals surface area contributed by atoms with Crippen molar-refractivity contribution in [3.05, 3.63) is 48.0 Å². The SMILES string of the molecule is c1ccc2c(c1)oc1cccc(C3CCCCCC3)c12. The van der Waals surface area contributed by atoms with Crippen molar-refractivity contribution in [1.29, 1.82) is 0 Å². The van der Waals surface area contributed by atoms with Gasteiger partial charge in [0.05, 0.1) is 0 Å². The molecule has 0 saturated heterocycles. The molecule has 0 unspecified atom stereocenters. The molecule has 0 atom stereocenters. The molecule has 0 N–H and O–H groups in total. The Labute approximate surface area is 119 Å². The van der Waals surface area contributed by atoms with Crippen LogP contribution in [0.3, 0.4) is 0 Å². The van der Waals surface area contributed by atoms with E-state index in [1.54, 1.807) is 0 Å². The van der Waals surface area contributed by atoms with E-state index in [1.807, 2.05) is 0 Å². The van der Waals surface area contributed by atoms with Crippen molar-refractivity contribution in [2.24, 2.45) is 0 Å². The molecule has 1 aliphatic carbocycles. The van der Waals surface area contributed by atoms with Gasteiger partial charge in [0.25, 0.3) is 0 Å². The minimum Gasteiger partial charge on any atom is -0.456 e. The smallest absolute Gasteiger partial charge is 0.135 e. The average molecular weight is 264 g/mol. The minimum atomic E-state index is 0.710. The molecule has 3 aromatic rings. The van der Waals surface area contributed by atoms with Crippen molar-refractivity contribution in [3.63, 3.8) is 0 Å². The van der Waals surface area contributed by atoms with Gasteiger partial charge in [0.1, 0.15) is 11.2 Å². The first kappa shape index (κ1) is 12.0. The van der Waals surface area contributed by atoms with E-state index in [-0.39, 0.29) is 0 Å². The third-order valence-corrected chi connectivity index (χ3v) is 4.73. The first-order valence-corrected chi connectivity index (χ1v) is 7.83. The number of fused-ring (bicyclic) bond motifs is 3. The molecule has 1 aliphatic rings. The Balaban J connectivity index is 1.93. The van der Waals surface area contributed by atoms with Gasteiger partial charge in [-0.1, -0.05) is 56.0 Å². The van der Waals surface area contributed by atoms with Gasteiger partial charge < -0.3 is 4.42 Å². The fourth-order valence-corrected chi connectivity index (χ4v) is 3.73. The van der Waals surface area contributed by atoms with Crippen LogP contribution in [0.2, 0.25) is 0 Å². The number of rotatable bonds is 1. The molecular formula is C19H20O. The molecule has 4 rings (SSSR count). The van der Waals surface area contributed by atoms with Gasteiger partial charge in [-0.15, -0.1) is 0 Å². The largest absolute Gasteiger partial charge is 0.456 e. The third-order valence-electron chi connectivity index (χ3n) is 4.73. The second kappa shape index (κ2) is 4.97. The lowest BCUT2D eigenvalue weighted by Gasteiger charge is -2.15. The van der Waals surface area contributed by atoms with E-state index >= 15 is 0 Å². The maximum Gasteiger partial charge on any atom is 0.135 e. The fourth-order valence-electron chi connectivity index (χ4n) is 3.73. The van der Waals surface area contributed by atoms with Gasteiger partial charge >= 0.3 is 0 Å². The highest BCUT2D eigenvalue weighted by Crippen LogP contribution is 2.39. The molecule has 102 valence electrons. The summed E-state index contributed by atoms with van der Waals surface area (Å²) in [6.07, 6.45) is 8.21. The summed E-state index contributed by atoms with van der Waals surface area (Å²) in [7, 11) is 0. The molecule has 0 radical (unpaired) electrons. The van der Waals surface area contributed by atoms with Crippen LogP contribution in [0, 0.1) is 0 Å². The number of furan rings is 1. The van der Waals surface area contributed by atoms with Gasteiger partial charge in [-0.25, -0.2) is 0 Å². The predicted molar refractivity (Wildman–Crippen MR) is 84.2 cm³/mol. The fraction of sp³-hybridized carbons (Fsp3) is 0.368. The first-order valence-electron chi connectivity index (χ1n) is 7.83. The molecule has 1 saturated carbocycles. The van der Waals surface area contributed by atoms with E-state index in [0.29, 0.717) is 5.92 Å². The standard InChI is InChI=1S/C19H20O/c1-2-4-9-14(8-3-1)15-11-7-13-18-19(15)16-10-5-6-12-17(16)20-18/h5-7,10-14H,1-4,8-9H2. The first-order chi connectivity index (χ1) is 9.93. The Hall–Kier alpha value is -1.76. The van der Waals surface area contributed by atoms with Crippen molar-refractivity contribution in [2.75, 3.05) is 0 Å². The van der Waals surface area contributed by atoms with Gasteiger partial charge in [0.15, 0.2) is 0 Å². The second-order valence-electron chi connectivity index (χ2n) is 6.01. The van der Waals surface area contributed by atoms with Crippen LogP contribution < -0.4 is 0 Å². The van der Waals surface area contributed by atoms with Crippen molar-refractivity contribution in [2.45, 2.75) is 44.4 Å². The summed E-state index contributed by atoms with van der Waals surface area (Å²) < 4.78 is 6.02. The summed E-state index contributed by atoms with van der Waals surface area (Å²) in [5.41, 5.74) is 3.57. The molecule has 0 aliphatic heterocycles. The molecule has 1 nitrogen and oxygen atoms in total. The predicted octanol–water partition coefficient (Wildman–Crippen LogP) is 6.02. The lowest BCUT2D eigenvalue weighted by molar-refractivity contribution is 0.595. The highest BCUT2D eigenvalue weighted by Gasteiger charge is 2.19. The van der Waals surface area contributed by atoms with Crippen LogP contribution in [-0.4, -0.2) is 0 Å². The number of hydrogen-bond donors (Lipinski definition) is 0. The summed E-state index contributed by atoms with van der Waals surface area (Å²) in [6.45, 7) is 0. The monoisotopic (exact) mass is 264 g/mol. The molecule has 1 heteroatoms. The van der Waals surface area contributed by atoms with Crippen LogP contribution in [0.15, 0.2) is 46.9 Å². The Morgan fingerprint density at radius 2 is 1.50 bits per heavy atom. The van der Waals surface area contributed by atoms with E-state index in [9.17, 15) is 0 Å². The van der Waals surface area contributed by atoms with E-state index < -0.39 is 0 Å². The molecular weight excluding hydrogens is 244 g/mol. The average Bonchev–Trinajstić information content (AvgIpc) is 2.68. The van der Waals surface area contributed by atoms with Gasteiger partial charge in [-0.05, 0) is 36.5 Å². The van der Waals surface area contributed by atoms with Gasteiger partial charge in [-0.2, -0.15) is 0 Å². The summed E-state index contributed by atoms with van der Waals surface area (Å²) in [4.78, 5) is 0. The molecule has 1 aromatic heterocycles. The molecule has 2 aromatic carbocycles. The zero-order valence-corrected chi connectivity index (χ0v) is 11.8. The van der Waals surface area contributed by atoms with Crippen LogP contribution in [-0.2, 0) is 0 Å². The summed E-state index contributed by atoms with van der Waals surface area (Å²) in [5, 5.41) is 2.64. The van der Waals surface area contributed by atoms with Gasteiger partial charge in [0, 0.05) is 10.8 Å². The number of hydrogen-bond acceptors (Lipinski definition) is 1. The lowest BCUT2D eigenvalue weighted by atomic mass is 9.89. The van der Waals surface area contributed by atoms with Crippen LogP contribution in [0.1, 0.15) is 50.0 Å². The molecule has 1 heterocycles. The van der Waals surface area contributed by atoms with Gasteiger partial charge in [-0.3, -0.25) is 0 Å². The Bertz CT molecular complexity index is 730. The van der Waals surface area contributed by atoms with Crippen molar-refractivity contribution < 1.29 is 4.42 Å². The van der Waals surface area contributed by atoms with Crippen LogP contribution >= 0.6 is 0 Å². The van der Waals surface area contributed by atoms with E-state index in [1.165, 1.54) is 54.9 Å². The maximum absolute atomic E-state index is 6.02. The van der Waals surface area contributed by atoms with E-state index in [4.69, 9.17) is 4.42 Å². The summed E-state index contributed by atoms with van der Waals surface area (Å²) in [5.74, 6) is 0.710. The molecule has 0 bridgehead atoms. The van der Waals surface area contributed by atoms with Crippen molar-refractivity contribution >= 4 is 21.9 Å². The topological polar surface area (TPSA) is 13.1 Å². The third kappa shape index (κ3) is 1.93. The normalized spacial score (nSPS) is 17.6. The molecule has 20 heavy (non-hydrogen) atoms. The maximum atomic E-state index is 6.02. The highest BCUT2D eigenvalue weighted by molar-refractivity contribution is 6.06. The summed E-state index contributed by atoms with van der Waals surface area (Å²) in [6, 6.07) is 15.0. The molecule has 0 spiro atoms. The minimum absolute atomic E-state index is 0.710. The lowest BCUT2D eigenvalue weighted by Crippen LogP contribution is -1.97. The highest BCUT2D eigenvalue weighted by atomic mass is 16.3. The quantitative estimate of drug-likeness (QED) is 0.489. The zero-order valence-electron chi connectivity index (χ0n) is 11.8. The van der Waals surface area contributed by atoms with E-state index in [2.05, 4.69) is 42.5 Å². The van der Waals surface area contributed by atoms with Crippen molar-refractivity contribution in [1.82, 2.24) is 0 Å². The number of benzene rings is 2. The van der Waals surface area contributed by atoms with Crippen LogP contribution in [0.5, 0.6) is 0 Å². The Kier molecular flexibility index (Phi) is 2.99. The van der Waals surface area contributed by atoms with E-state index in [0.717, 1.165) is 11.2 Å². The molecule has 0 amide bonds.